The first kappa shape index (κ1) is 13.5. The molecule has 0 saturated carbocycles. The second-order valence-corrected chi connectivity index (χ2v) is 4.92. The minimum absolute atomic E-state index is 0.0791. The zero-order valence-corrected chi connectivity index (χ0v) is 10.6. The second kappa shape index (κ2) is 6.21. The van der Waals surface area contributed by atoms with Crippen LogP contribution in [0.2, 0.25) is 0 Å². The van der Waals surface area contributed by atoms with Crippen LogP contribution >= 0.6 is 0 Å². The van der Waals surface area contributed by atoms with Crippen LogP contribution in [0.15, 0.2) is 0 Å². The molecule has 0 aromatic rings. The van der Waals surface area contributed by atoms with Gasteiger partial charge in [-0.2, -0.15) is 0 Å². The zero-order chi connectivity index (χ0) is 12.1. The van der Waals surface area contributed by atoms with Crippen molar-refractivity contribution >= 4 is 5.91 Å². The lowest BCUT2D eigenvalue weighted by Crippen LogP contribution is -2.51. The fraction of sp³-hybridized carbons (Fsp3) is 0.917. The summed E-state index contributed by atoms with van der Waals surface area (Å²) >= 11 is 0. The van der Waals surface area contributed by atoms with E-state index >= 15 is 0 Å². The van der Waals surface area contributed by atoms with E-state index in [2.05, 4.69) is 20.8 Å². The van der Waals surface area contributed by atoms with Gasteiger partial charge in [-0.3, -0.25) is 4.79 Å². The van der Waals surface area contributed by atoms with E-state index in [1.54, 1.807) is 0 Å². The van der Waals surface area contributed by atoms with Crippen LogP contribution in [-0.4, -0.2) is 42.6 Å². The number of rotatable bonds is 4. The third-order valence-corrected chi connectivity index (χ3v) is 2.95. The summed E-state index contributed by atoms with van der Waals surface area (Å²) in [5.41, 5.74) is 5.90. The van der Waals surface area contributed by atoms with Crippen molar-refractivity contribution in [2.75, 3.05) is 19.7 Å². The van der Waals surface area contributed by atoms with Crippen LogP contribution in [0.25, 0.3) is 0 Å². The Labute approximate surface area is 98.1 Å². The maximum absolute atomic E-state index is 12.0. The van der Waals surface area contributed by atoms with Gasteiger partial charge in [-0.1, -0.05) is 20.8 Å². The van der Waals surface area contributed by atoms with E-state index < -0.39 is 0 Å². The van der Waals surface area contributed by atoms with E-state index in [9.17, 15) is 4.79 Å². The van der Waals surface area contributed by atoms with Gasteiger partial charge >= 0.3 is 0 Å². The van der Waals surface area contributed by atoms with Gasteiger partial charge in [0.05, 0.1) is 18.8 Å². The SMILES string of the molecule is CCC1CN(C(=O)[C@H](N)CC(C)C)CCO1. The predicted molar refractivity (Wildman–Crippen MR) is 64.0 cm³/mol. The first-order valence-corrected chi connectivity index (χ1v) is 6.20. The average Bonchev–Trinajstić information content (AvgIpc) is 2.27. The molecular formula is C12H24N2O2. The summed E-state index contributed by atoms with van der Waals surface area (Å²) in [6, 6.07) is -0.351. The van der Waals surface area contributed by atoms with Crippen LogP contribution in [0.4, 0.5) is 0 Å². The molecule has 1 amide bonds. The first-order chi connectivity index (χ1) is 7.54. The van der Waals surface area contributed by atoms with Crippen molar-refractivity contribution < 1.29 is 9.53 Å². The van der Waals surface area contributed by atoms with Crippen molar-refractivity contribution in [1.29, 1.82) is 0 Å². The van der Waals surface area contributed by atoms with Gasteiger partial charge in [-0.25, -0.2) is 0 Å². The molecule has 0 aromatic carbocycles. The largest absolute Gasteiger partial charge is 0.375 e. The molecule has 0 spiro atoms. The molecule has 94 valence electrons. The van der Waals surface area contributed by atoms with Crippen LogP contribution in [0.1, 0.15) is 33.6 Å². The molecule has 4 nitrogen and oxygen atoms in total. The molecule has 4 heteroatoms. The molecule has 0 bridgehead atoms. The van der Waals surface area contributed by atoms with Crippen molar-refractivity contribution in [2.45, 2.75) is 45.8 Å². The van der Waals surface area contributed by atoms with Crippen LogP contribution in [0.5, 0.6) is 0 Å². The molecular weight excluding hydrogens is 204 g/mol. The molecule has 1 saturated heterocycles. The van der Waals surface area contributed by atoms with Gasteiger partial charge in [-0.05, 0) is 18.8 Å². The van der Waals surface area contributed by atoms with E-state index in [1.807, 2.05) is 4.90 Å². The van der Waals surface area contributed by atoms with E-state index in [0.717, 1.165) is 12.8 Å². The summed E-state index contributed by atoms with van der Waals surface area (Å²) in [5.74, 6) is 0.539. The molecule has 1 rings (SSSR count). The molecule has 1 aliphatic rings. The number of nitrogens with two attached hydrogens (primary N) is 1. The first-order valence-electron chi connectivity index (χ1n) is 6.20. The van der Waals surface area contributed by atoms with Crippen molar-refractivity contribution in [3.05, 3.63) is 0 Å². The predicted octanol–water partition coefficient (Wildman–Crippen LogP) is 0.997. The minimum Gasteiger partial charge on any atom is -0.375 e. The monoisotopic (exact) mass is 228 g/mol. The van der Waals surface area contributed by atoms with Gasteiger partial charge in [0.15, 0.2) is 0 Å². The molecule has 2 atom stereocenters. The summed E-state index contributed by atoms with van der Waals surface area (Å²) in [6.45, 7) is 8.26. The summed E-state index contributed by atoms with van der Waals surface area (Å²) in [7, 11) is 0. The third kappa shape index (κ3) is 3.76. The molecule has 0 radical (unpaired) electrons. The van der Waals surface area contributed by atoms with Crippen molar-refractivity contribution in [1.82, 2.24) is 4.90 Å². The van der Waals surface area contributed by atoms with Gasteiger partial charge in [0, 0.05) is 13.1 Å². The molecule has 1 heterocycles. The molecule has 0 aliphatic carbocycles. The highest BCUT2D eigenvalue weighted by Crippen LogP contribution is 2.11. The highest BCUT2D eigenvalue weighted by molar-refractivity contribution is 5.81. The Morgan fingerprint density at radius 2 is 2.25 bits per heavy atom. The van der Waals surface area contributed by atoms with Gasteiger partial charge in [0.1, 0.15) is 0 Å². The fourth-order valence-corrected chi connectivity index (χ4v) is 2.01. The van der Waals surface area contributed by atoms with Crippen LogP contribution < -0.4 is 5.73 Å². The third-order valence-electron chi connectivity index (χ3n) is 2.95. The number of nitrogens with zero attached hydrogens (tertiary/aromatic N) is 1. The Morgan fingerprint density at radius 3 is 2.81 bits per heavy atom. The Balaban J connectivity index is 2.46. The number of carbonyl (C=O) groups excluding carboxylic acids is 1. The molecule has 16 heavy (non-hydrogen) atoms. The number of ether oxygens (including phenoxy) is 1. The number of hydrogen-bond donors (Lipinski definition) is 1. The van der Waals surface area contributed by atoms with E-state index in [4.69, 9.17) is 10.5 Å². The Morgan fingerprint density at radius 1 is 1.56 bits per heavy atom. The van der Waals surface area contributed by atoms with Crippen LogP contribution in [-0.2, 0) is 9.53 Å². The van der Waals surface area contributed by atoms with Gasteiger partial charge < -0.3 is 15.4 Å². The normalized spacial score (nSPS) is 23.6. The average molecular weight is 228 g/mol. The summed E-state index contributed by atoms with van der Waals surface area (Å²) in [6.07, 6.45) is 1.89. The fourth-order valence-electron chi connectivity index (χ4n) is 2.01. The summed E-state index contributed by atoms with van der Waals surface area (Å²) < 4.78 is 5.53. The number of amides is 1. The molecule has 2 N–H and O–H groups in total. The maximum Gasteiger partial charge on any atom is 0.239 e. The number of morpholine rings is 1. The quantitative estimate of drug-likeness (QED) is 0.781. The highest BCUT2D eigenvalue weighted by Gasteiger charge is 2.26. The highest BCUT2D eigenvalue weighted by atomic mass is 16.5. The smallest absolute Gasteiger partial charge is 0.239 e. The Hall–Kier alpha value is -0.610. The minimum atomic E-state index is -0.351. The van der Waals surface area contributed by atoms with Crippen LogP contribution in [0.3, 0.4) is 0 Å². The second-order valence-electron chi connectivity index (χ2n) is 4.92. The number of hydrogen-bond acceptors (Lipinski definition) is 3. The molecule has 1 fully saturated rings. The molecule has 0 aromatic heterocycles. The van der Waals surface area contributed by atoms with E-state index in [-0.39, 0.29) is 18.1 Å². The van der Waals surface area contributed by atoms with Gasteiger partial charge in [0.25, 0.3) is 0 Å². The summed E-state index contributed by atoms with van der Waals surface area (Å²) in [5, 5.41) is 0. The van der Waals surface area contributed by atoms with E-state index in [1.165, 1.54) is 0 Å². The van der Waals surface area contributed by atoms with Crippen molar-refractivity contribution in [3.8, 4) is 0 Å². The van der Waals surface area contributed by atoms with Gasteiger partial charge in [0.2, 0.25) is 5.91 Å². The van der Waals surface area contributed by atoms with E-state index in [0.29, 0.717) is 25.6 Å². The lowest BCUT2D eigenvalue weighted by molar-refractivity contribution is -0.140. The van der Waals surface area contributed by atoms with Gasteiger partial charge in [-0.15, -0.1) is 0 Å². The Bertz CT molecular complexity index is 231. The summed E-state index contributed by atoms with van der Waals surface area (Å²) in [4.78, 5) is 13.9. The van der Waals surface area contributed by atoms with Crippen molar-refractivity contribution in [2.24, 2.45) is 11.7 Å². The maximum atomic E-state index is 12.0. The lowest BCUT2D eigenvalue weighted by Gasteiger charge is -2.34. The molecule has 1 unspecified atom stereocenters. The lowest BCUT2D eigenvalue weighted by atomic mass is 10.0. The zero-order valence-electron chi connectivity index (χ0n) is 10.6. The van der Waals surface area contributed by atoms with Crippen molar-refractivity contribution in [3.63, 3.8) is 0 Å². The Kier molecular flexibility index (Phi) is 5.22. The standard InChI is InChI=1S/C12H24N2O2/c1-4-10-8-14(5-6-16-10)12(15)11(13)7-9(2)3/h9-11H,4-8,13H2,1-3H3/t10?,11-/m1/s1. The topological polar surface area (TPSA) is 55.6 Å². The number of carbonyl (C=O) groups is 1. The molecule has 1 aliphatic heterocycles. The van der Waals surface area contributed by atoms with Crippen LogP contribution in [0, 0.1) is 5.92 Å².